The molecule has 2 aromatic carbocycles. The van der Waals surface area contributed by atoms with Gasteiger partial charge in [0.2, 0.25) is 0 Å². The van der Waals surface area contributed by atoms with Gasteiger partial charge in [-0.3, -0.25) is 0 Å². The molecule has 0 aliphatic heterocycles. The van der Waals surface area contributed by atoms with Crippen molar-refractivity contribution in [3.63, 3.8) is 0 Å². The molecular formula is C23H35Cl2OSSiTi-. The van der Waals surface area contributed by atoms with Crippen LogP contribution in [0.4, 0.5) is 0 Å². The van der Waals surface area contributed by atoms with Gasteiger partial charge in [0.15, 0.2) is 0 Å². The van der Waals surface area contributed by atoms with Crippen molar-refractivity contribution in [2.75, 3.05) is 0 Å². The number of aromatic hydroxyl groups is 1. The van der Waals surface area contributed by atoms with Crippen LogP contribution in [0.2, 0.25) is 13.1 Å². The molecule has 0 spiro atoms. The van der Waals surface area contributed by atoms with E-state index in [9.17, 15) is 5.11 Å². The quantitative estimate of drug-likeness (QED) is 0.241. The Morgan fingerprint density at radius 2 is 1.45 bits per heavy atom. The summed E-state index contributed by atoms with van der Waals surface area (Å²) in [5.74, 6) is 0.361. The van der Waals surface area contributed by atoms with Crippen molar-refractivity contribution < 1.29 is 26.8 Å². The zero-order chi connectivity index (χ0) is 20.1. The molecule has 1 heterocycles. The van der Waals surface area contributed by atoms with E-state index >= 15 is 0 Å². The minimum atomic E-state index is 0. The van der Waals surface area contributed by atoms with E-state index in [0.717, 1.165) is 15.1 Å². The van der Waals surface area contributed by atoms with E-state index in [4.69, 9.17) is 0 Å². The molecule has 0 atom stereocenters. The number of hydrogen-bond acceptors (Lipinski definition) is 2. The molecule has 3 rings (SSSR count). The Kier molecular flexibility index (Phi) is 17.1. The maximum atomic E-state index is 9.36. The predicted molar refractivity (Wildman–Crippen MR) is 135 cm³/mol. The summed E-state index contributed by atoms with van der Waals surface area (Å²) in [6.07, 6.45) is 0. The Morgan fingerprint density at radius 1 is 0.931 bits per heavy atom. The minimum absolute atomic E-state index is 0. The van der Waals surface area contributed by atoms with Crippen LogP contribution >= 0.6 is 36.2 Å². The minimum Gasteiger partial charge on any atom is -0.508 e. The van der Waals surface area contributed by atoms with Crippen LogP contribution in [0, 0.1) is 27.7 Å². The van der Waals surface area contributed by atoms with Gasteiger partial charge in [0, 0.05) is 31.2 Å². The van der Waals surface area contributed by atoms with Crippen molar-refractivity contribution in [1.29, 1.82) is 0 Å². The van der Waals surface area contributed by atoms with Gasteiger partial charge in [0.05, 0.1) is 0 Å². The van der Waals surface area contributed by atoms with Crippen molar-refractivity contribution in [3.8, 4) is 5.75 Å². The van der Waals surface area contributed by atoms with E-state index < -0.39 is 0 Å². The largest absolute Gasteiger partial charge is 0.508 e. The summed E-state index contributed by atoms with van der Waals surface area (Å²) in [6, 6.07) is 10.3. The molecule has 1 nitrogen and oxygen atoms in total. The molecule has 0 saturated heterocycles. The van der Waals surface area contributed by atoms with Gasteiger partial charge in [-0.1, -0.05) is 58.5 Å². The van der Waals surface area contributed by atoms with Crippen LogP contribution in [0.15, 0.2) is 30.3 Å². The number of phenolic OH excluding ortho intramolecular Hbond substituents is 1. The first kappa shape index (κ1) is 33.5. The van der Waals surface area contributed by atoms with E-state index in [2.05, 4.69) is 72.8 Å². The van der Waals surface area contributed by atoms with Crippen LogP contribution in [0.1, 0.15) is 47.9 Å². The standard InChI is InChI=1S/C11H16O.C10H11S.C2H6Si.2ClH.Ti/c1-8-5-9(11(2,3)4)7-10(12)6-8;1-6-4-10-9(8(6)3)5-7(2)11-10;1-3-2;;;/h5-7,12H,1-4H3;4-5H,1-3H3;1-2H3;2*1H;/q;-1;;;;. The topological polar surface area (TPSA) is 20.2 Å². The molecule has 29 heavy (non-hydrogen) atoms. The summed E-state index contributed by atoms with van der Waals surface area (Å²) in [4.78, 5) is 1.41. The van der Waals surface area contributed by atoms with E-state index in [1.54, 1.807) is 6.07 Å². The summed E-state index contributed by atoms with van der Waals surface area (Å²) in [5, 5.41) is 10.8. The Hall–Kier alpha value is -0.159. The fourth-order valence-corrected chi connectivity index (χ4v) is 3.73. The molecule has 2 radical (unpaired) electrons. The van der Waals surface area contributed by atoms with Gasteiger partial charge in [0.25, 0.3) is 0 Å². The number of benzene rings is 1. The van der Waals surface area contributed by atoms with Crippen molar-refractivity contribution in [1.82, 2.24) is 0 Å². The van der Waals surface area contributed by atoms with Gasteiger partial charge in [-0.15, -0.1) is 30.9 Å². The summed E-state index contributed by atoms with van der Waals surface area (Å²) >= 11 is 1.89. The molecule has 0 aliphatic carbocycles. The number of hydrogen-bond donors (Lipinski definition) is 1. The molecule has 3 aromatic rings. The fraction of sp³-hybridized carbons (Fsp3) is 0.435. The normalized spacial score (nSPS) is 9.69. The predicted octanol–water partition coefficient (Wildman–Crippen LogP) is 8.17. The number of rotatable bonds is 0. The Balaban J connectivity index is -0.000000377. The maximum absolute atomic E-state index is 9.36. The van der Waals surface area contributed by atoms with Crippen LogP contribution in [0.5, 0.6) is 5.75 Å². The first-order valence-electron chi connectivity index (χ1n) is 9.02. The smallest absolute Gasteiger partial charge is 0.116 e. The molecule has 0 amide bonds. The van der Waals surface area contributed by atoms with Crippen molar-refractivity contribution in [2.24, 2.45) is 0 Å². The summed E-state index contributed by atoms with van der Waals surface area (Å²) in [5.41, 5.74) is 5.28. The Labute approximate surface area is 211 Å². The fourth-order valence-electron chi connectivity index (χ4n) is 2.65. The van der Waals surface area contributed by atoms with Crippen LogP contribution in [0.25, 0.3) is 10.1 Å². The molecule has 162 valence electrons. The molecule has 0 bridgehead atoms. The number of halogens is 2. The number of aryl methyl sites for hydroxylation is 4. The van der Waals surface area contributed by atoms with Gasteiger partial charge in [-0.25, -0.2) is 0 Å². The Morgan fingerprint density at radius 3 is 1.86 bits per heavy atom. The Bertz CT molecular complexity index is 830. The van der Waals surface area contributed by atoms with E-state index in [1.807, 2.05) is 24.3 Å². The van der Waals surface area contributed by atoms with Gasteiger partial charge in [0.1, 0.15) is 5.75 Å². The van der Waals surface area contributed by atoms with Gasteiger partial charge in [-0.05, 0) is 47.4 Å². The average Bonchev–Trinajstić information content (AvgIpc) is 2.97. The third-order valence-corrected chi connectivity index (χ3v) is 5.15. The number of phenols is 1. The monoisotopic (exact) mass is 505 g/mol. The molecular weight excluding hydrogens is 471 g/mol. The molecule has 6 heteroatoms. The summed E-state index contributed by atoms with van der Waals surface area (Å²) in [7, 11) is 1.08. The van der Waals surface area contributed by atoms with Crippen LogP contribution < -0.4 is 0 Å². The molecule has 0 saturated carbocycles. The maximum Gasteiger partial charge on any atom is 0.116 e. The zero-order valence-electron chi connectivity index (χ0n) is 19.1. The summed E-state index contributed by atoms with van der Waals surface area (Å²) < 4.78 is 1.44. The van der Waals surface area contributed by atoms with Crippen LogP contribution in [-0.2, 0) is 27.1 Å². The molecule has 0 aliphatic rings. The average molecular weight is 506 g/mol. The van der Waals surface area contributed by atoms with E-state index in [0.29, 0.717) is 5.75 Å². The van der Waals surface area contributed by atoms with E-state index in [-0.39, 0.29) is 51.9 Å². The van der Waals surface area contributed by atoms with Crippen molar-refractivity contribution in [2.45, 2.75) is 67.0 Å². The summed E-state index contributed by atoms with van der Waals surface area (Å²) in [6.45, 7) is 19.3. The third-order valence-electron chi connectivity index (χ3n) is 4.16. The third kappa shape index (κ3) is 10.6. The van der Waals surface area contributed by atoms with Gasteiger partial charge >= 0.3 is 0 Å². The molecule has 1 N–H and O–H groups in total. The SMILES string of the molecule is C[Si]C.Cc1cc(O)cc(C(C)(C)C)c1.Cc1cc2c(C)c(C)[cH-]c2s1.Cl.Cl.[Ti]. The van der Waals surface area contributed by atoms with E-state index in [1.165, 1.54) is 31.7 Å². The van der Waals surface area contributed by atoms with Crippen LogP contribution in [-0.4, -0.2) is 14.6 Å². The van der Waals surface area contributed by atoms with Crippen LogP contribution in [0.3, 0.4) is 0 Å². The van der Waals surface area contributed by atoms with Crippen molar-refractivity contribution >= 4 is 55.8 Å². The molecule has 0 unspecified atom stereocenters. The molecule has 1 aromatic heterocycles. The molecule has 0 fully saturated rings. The van der Waals surface area contributed by atoms with Gasteiger partial charge in [-0.2, -0.15) is 33.9 Å². The second kappa shape index (κ2) is 14.8. The van der Waals surface area contributed by atoms with Crippen molar-refractivity contribution in [3.05, 3.63) is 57.5 Å². The first-order valence-corrected chi connectivity index (χ1v) is 11.8. The number of thiophene rings is 1. The first-order chi connectivity index (χ1) is 12.0. The second-order valence-electron chi connectivity index (χ2n) is 7.89. The zero-order valence-corrected chi connectivity index (χ0v) is 24.1. The van der Waals surface area contributed by atoms with Gasteiger partial charge < -0.3 is 5.11 Å². The second-order valence-corrected chi connectivity index (χ2v) is 10.2. The number of fused-ring (bicyclic) bond motifs is 1.